The number of aliphatic hydroxyl groups is 1. The van der Waals surface area contributed by atoms with Crippen molar-refractivity contribution in [2.45, 2.75) is 63.1 Å². The maximum atomic E-state index is 13.9. The van der Waals surface area contributed by atoms with Gasteiger partial charge in [0.15, 0.2) is 5.76 Å². The van der Waals surface area contributed by atoms with E-state index in [1.165, 1.54) is 30.0 Å². The summed E-state index contributed by atoms with van der Waals surface area (Å²) in [6.45, 7) is 7.79. The van der Waals surface area contributed by atoms with Gasteiger partial charge in [0, 0.05) is 31.4 Å². The predicted molar refractivity (Wildman–Crippen MR) is 141 cm³/mol. The Bertz CT molecular complexity index is 1200. The van der Waals surface area contributed by atoms with Crippen LogP contribution < -0.4 is 10.6 Å². The molecule has 1 aliphatic rings. The lowest BCUT2D eigenvalue weighted by molar-refractivity contribution is 0.0266. The molecular formula is C30H36F2N2O4. The monoisotopic (exact) mass is 526 g/mol. The van der Waals surface area contributed by atoms with E-state index in [9.17, 15) is 18.7 Å². The molecule has 1 aromatic heterocycles. The number of carbonyl (C=O) groups is 1. The highest BCUT2D eigenvalue weighted by Crippen LogP contribution is 2.35. The van der Waals surface area contributed by atoms with Crippen molar-refractivity contribution >= 4 is 5.91 Å². The van der Waals surface area contributed by atoms with Gasteiger partial charge in [0.25, 0.3) is 5.91 Å². The van der Waals surface area contributed by atoms with Gasteiger partial charge in [-0.15, -0.1) is 0 Å². The van der Waals surface area contributed by atoms with E-state index < -0.39 is 35.2 Å². The fourth-order valence-corrected chi connectivity index (χ4v) is 4.93. The van der Waals surface area contributed by atoms with Crippen LogP contribution in [0.25, 0.3) is 0 Å². The smallest absolute Gasteiger partial charge is 0.287 e. The van der Waals surface area contributed by atoms with Crippen LogP contribution in [-0.4, -0.2) is 42.9 Å². The average molecular weight is 527 g/mol. The number of benzene rings is 2. The Hall–Kier alpha value is -3.07. The predicted octanol–water partition coefficient (Wildman–Crippen LogP) is 4.85. The molecule has 1 fully saturated rings. The Kier molecular flexibility index (Phi) is 8.65. The summed E-state index contributed by atoms with van der Waals surface area (Å²) in [5.41, 5.74) is 2.19. The van der Waals surface area contributed by atoms with Crippen molar-refractivity contribution < 1.29 is 27.8 Å². The van der Waals surface area contributed by atoms with Gasteiger partial charge in [0.05, 0.1) is 18.4 Å². The van der Waals surface area contributed by atoms with E-state index in [2.05, 4.69) is 55.7 Å². The van der Waals surface area contributed by atoms with Crippen LogP contribution in [0.5, 0.6) is 0 Å². The molecular weight excluding hydrogens is 490 g/mol. The third-order valence-electron chi connectivity index (χ3n) is 7.18. The first kappa shape index (κ1) is 28.0. The summed E-state index contributed by atoms with van der Waals surface area (Å²) in [7, 11) is 0. The van der Waals surface area contributed by atoms with E-state index in [0.717, 1.165) is 11.6 Å². The van der Waals surface area contributed by atoms with Crippen LogP contribution in [0.2, 0.25) is 0 Å². The highest BCUT2D eigenvalue weighted by molar-refractivity contribution is 5.91. The number of halogens is 2. The van der Waals surface area contributed by atoms with Crippen LogP contribution in [0.1, 0.15) is 60.9 Å². The van der Waals surface area contributed by atoms with E-state index in [1.54, 1.807) is 6.07 Å². The maximum absolute atomic E-state index is 13.9. The summed E-state index contributed by atoms with van der Waals surface area (Å²) in [6, 6.07) is 13.9. The minimum absolute atomic E-state index is 0.0245. The molecule has 4 rings (SSSR count). The summed E-state index contributed by atoms with van der Waals surface area (Å²) in [6.07, 6.45) is 1.77. The van der Waals surface area contributed by atoms with Crippen molar-refractivity contribution in [3.8, 4) is 0 Å². The van der Waals surface area contributed by atoms with Gasteiger partial charge in [0.1, 0.15) is 11.6 Å². The standard InChI is InChI=1S/C30H36F2N2O4/c1-29(2,3)21-6-4-7-22(17-21)30(9-12-37-13-10-30)33-19-26(35)25(34-28(36)27-8-5-11-38-27)16-20-14-23(31)18-24(32)15-20/h4-8,11,14-15,17-18,25-26,33,35H,9-10,12-13,16,19H2,1-3H3,(H,34,36). The minimum atomic E-state index is -1.06. The fraction of sp³-hybridized carbons (Fsp3) is 0.433. The number of amides is 1. The third-order valence-corrected chi connectivity index (χ3v) is 7.18. The molecule has 0 saturated carbocycles. The molecule has 8 heteroatoms. The van der Waals surface area contributed by atoms with E-state index in [-0.39, 0.29) is 24.1 Å². The lowest BCUT2D eigenvalue weighted by atomic mass is 9.78. The van der Waals surface area contributed by atoms with E-state index >= 15 is 0 Å². The van der Waals surface area contributed by atoms with Gasteiger partial charge in [-0.1, -0.05) is 45.0 Å². The molecule has 2 heterocycles. The van der Waals surface area contributed by atoms with Crippen molar-refractivity contribution in [2.75, 3.05) is 19.8 Å². The SMILES string of the molecule is CC(C)(C)c1cccc(C2(NCC(O)C(Cc3cc(F)cc(F)c3)NC(=O)c3ccco3)CCOCC2)c1. The summed E-state index contributed by atoms with van der Waals surface area (Å²) in [5, 5.41) is 17.7. The fourth-order valence-electron chi connectivity index (χ4n) is 4.93. The molecule has 0 aliphatic carbocycles. The molecule has 2 atom stereocenters. The van der Waals surface area contributed by atoms with Crippen molar-refractivity contribution in [1.29, 1.82) is 0 Å². The van der Waals surface area contributed by atoms with E-state index in [0.29, 0.717) is 31.6 Å². The molecule has 2 unspecified atom stereocenters. The van der Waals surface area contributed by atoms with Gasteiger partial charge in [-0.05, 0) is 65.6 Å². The lowest BCUT2D eigenvalue weighted by Crippen LogP contribution is -2.54. The number of carbonyl (C=O) groups excluding carboxylic acids is 1. The first-order valence-corrected chi connectivity index (χ1v) is 13.0. The molecule has 204 valence electrons. The van der Waals surface area contributed by atoms with Crippen LogP contribution >= 0.6 is 0 Å². The van der Waals surface area contributed by atoms with Crippen molar-refractivity contribution in [2.24, 2.45) is 0 Å². The Morgan fingerprint density at radius 1 is 1.05 bits per heavy atom. The van der Waals surface area contributed by atoms with E-state index in [1.807, 2.05) is 0 Å². The first-order valence-electron chi connectivity index (χ1n) is 13.0. The third kappa shape index (κ3) is 6.87. The minimum Gasteiger partial charge on any atom is -0.459 e. The van der Waals surface area contributed by atoms with Crippen molar-refractivity contribution in [3.63, 3.8) is 0 Å². The van der Waals surface area contributed by atoms with E-state index in [4.69, 9.17) is 9.15 Å². The Morgan fingerprint density at radius 2 is 1.76 bits per heavy atom. The Morgan fingerprint density at radius 3 is 2.39 bits per heavy atom. The molecule has 3 N–H and O–H groups in total. The number of aliphatic hydroxyl groups excluding tert-OH is 1. The normalized spacial score (nSPS) is 17.1. The topological polar surface area (TPSA) is 83.7 Å². The highest BCUT2D eigenvalue weighted by Gasteiger charge is 2.36. The van der Waals surface area contributed by atoms with Crippen LogP contribution in [0, 0.1) is 11.6 Å². The molecule has 0 spiro atoms. The summed E-state index contributed by atoms with van der Waals surface area (Å²) in [4.78, 5) is 12.8. The van der Waals surface area contributed by atoms with Gasteiger partial charge in [-0.2, -0.15) is 0 Å². The number of nitrogens with one attached hydrogen (secondary N) is 2. The molecule has 1 saturated heterocycles. The number of hydrogen-bond donors (Lipinski definition) is 3. The molecule has 0 radical (unpaired) electrons. The van der Waals surface area contributed by atoms with Gasteiger partial charge < -0.3 is 24.9 Å². The highest BCUT2D eigenvalue weighted by atomic mass is 19.1. The van der Waals surface area contributed by atoms with Crippen molar-refractivity contribution in [1.82, 2.24) is 10.6 Å². The summed E-state index contributed by atoms with van der Waals surface area (Å²) in [5.74, 6) is -1.87. The Labute approximate surface area is 222 Å². The average Bonchev–Trinajstić information content (AvgIpc) is 3.42. The van der Waals surface area contributed by atoms with Gasteiger partial charge in [0.2, 0.25) is 0 Å². The lowest BCUT2D eigenvalue weighted by Gasteiger charge is -2.40. The first-order chi connectivity index (χ1) is 18.1. The van der Waals surface area contributed by atoms with Crippen LogP contribution in [-0.2, 0) is 22.1 Å². The number of rotatable bonds is 9. The van der Waals surface area contributed by atoms with Gasteiger partial charge in [-0.3, -0.25) is 4.79 Å². The molecule has 38 heavy (non-hydrogen) atoms. The van der Waals surface area contributed by atoms with Crippen LogP contribution in [0.4, 0.5) is 8.78 Å². The second-order valence-corrected chi connectivity index (χ2v) is 11.0. The molecule has 2 aromatic carbocycles. The summed E-state index contributed by atoms with van der Waals surface area (Å²) < 4.78 is 38.6. The molecule has 0 bridgehead atoms. The maximum Gasteiger partial charge on any atom is 0.287 e. The molecule has 1 aliphatic heterocycles. The molecule has 1 amide bonds. The van der Waals surface area contributed by atoms with Crippen molar-refractivity contribution in [3.05, 3.63) is 94.9 Å². The number of hydrogen-bond acceptors (Lipinski definition) is 5. The second-order valence-electron chi connectivity index (χ2n) is 11.0. The van der Waals surface area contributed by atoms with Crippen LogP contribution in [0.3, 0.4) is 0 Å². The number of furan rings is 1. The quantitative estimate of drug-likeness (QED) is 0.371. The van der Waals surface area contributed by atoms with Crippen LogP contribution in [0.15, 0.2) is 65.3 Å². The zero-order valence-electron chi connectivity index (χ0n) is 22.1. The summed E-state index contributed by atoms with van der Waals surface area (Å²) >= 11 is 0. The van der Waals surface area contributed by atoms with Gasteiger partial charge in [-0.25, -0.2) is 8.78 Å². The number of ether oxygens (including phenoxy) is 1. The molecule has 6 nitrogen and oxygen atoms in total. The Balaban J connectivity index is 1.56. The zero-order valence-corrected chi connectivity index (χ0v) is 22.1. The van der Waals surface area contributed by atoms with Gasteiger partial charge >= 0.3 is 0 Å². The molecule has 3 aromatic rings. The zero-order chi connectivity index (χ0) is 27.3. The second kappa shape index (κ2) is 11.8. The largest absolute Gasteiger partial charge is 0.459 e.